The van der Waals surface area contributed by atoms with Gasteiger partial charge in [0.1, 0.15) is 0 Å². The Morgan fingerprint density at radius 2 is 1.67 bits per heavy atom. The molecule has 1 heterocycles. The highest BCUT2D eigenvalue weighted by Crippen LogP contribution is 2.28. The third-order valence-electron chi connectivity index (χ3n) is 3.72. The summed E-state index contributed by atoms with van der Waals surface area (Å²) in [6.45, 7) is 3.23. The Hall–Kier alpha value is -1.63. The molecule has 2 rings (SSSR count). The smallest absolute Gasteiger partial charge is 0.231 e. The minimum Gasteiger partial charge on any atom is -0.388 e. The summed E-state index contributed by atoms with van der Waals surface area (Å²) in [5.41, 5.74) is -0.637. The molecule has 7 nitrogen and oxygen atoms in total. The monoisotopic (exact) mass is 294 g/mol. The summed E-state index contributed by atoms with van der Waals surface area (Å²) in [4.78, 5) is 14.9. The minimum absolute atomic E-state index is 0.482. The van der Waals surface area contributed by atoms with Crippen molar-refractivity contribution in [2.24, 2.45) is 0 Å². The topological polar surface area (TPSA) is 86.2 Å². The molecule has 1 aliphatic rings. The standard InChI is InChI=1S/C14H26N6O/c1-4-15-11-17-12(19-13(18-11)20(2)3)16-10-14(21)8-6-5-7-9-14/h21H,4-10H2,1-3H3,(H2,15,16,17,18,19). The van der Waals surface area contributed by atoms with Crippen LogP contribution in [0.3, 0.4) is 0 Å². The first kappa shape index (κ1) is 15.8. The van der Waals surface area contributed by atoms with Gasteiger partial charge in [-0.3, -0.25) is 0 Å². The Bertz CT molecular complexity index is 459. The lowest BCUT2D eigenvalue weighted by molar-refractivity contribution is 0.0166. The van der Waals surface area contributed by atoms with Gasteiger partial charge in [0, 0.05) is 27.2 Å². The SMILES string of the molecule is CCNc1nc(NCC2(O)CCCCC2)nc(N(C)C)n1. The van der Waals surface area contributed by atoms with E-state index in [0.717, 1.165) is 32.2 Å². The molecule has 3 N–H and O–H groups in total. The lowest BCUT2D eigenvalue weighted by atomic mass is 9.85. The molecule has 0 bridgehead atoms. The average molecular weight is 294 g/mol. The van der Waals surface area contributed by atoms with Crippen molar-refractivity contribution >= 4 is 17.8 Å². The van der Waals surface area contributed by atoms with Crippen molar-refractivity contribution < 1.29 is 5.11 Å². The fourth-order valence-electron chi connectivity index (χ4n) is 2.51. The van der Waals surface area contributed by atoms with Gasteiger partial charge in [0.15, 0.2) is 0 Å². The molecule has 0 spiro atoms. The van der Waals surface area contributed by atoms with Crippen LogP contribution in [0.25, 0.3) is 0 Å². The second kappa shape index (κ2) is 6.89. The van der Waals surface area contributed by atoms with Crippen molar-refractivity contribution in [3.63, 3.8) is 0 Å². The fourth-order valence-corrected chi connectivity index (χ4v) is 2.51. The van der Waals surface area contributed by atoms with E-state index in [-0.39, 0.29) is 0 Å². The highest BCUT2D eigenvalue weighted by Gasteiger charge is 2.29. The molecule has 0 radical (unpaired) electrons. The van der Waals surface area contributed by atoms with E-state index in [4.69, 9.17) is 0 Å². The molecule has 1 saturated carbocycles. The summed E-state index contributed by atoms with van der Waals surface area (Å²) < 4.78 is 0. The van der Waals surface area contributed by atoms with Crippen LogP contribution in [0.15, 0.2) is 0 Å². The van der Waals surface area contributed by atoms with E-state index in [9.17, 15) is 5.11 Å². The Labute approximate surface area is 126 Å². The van der Waals surface area contributed by atoms with Gasteiger partial charge in [-0.25, -0.2) is 0 Å². The van der Waals surface area contributed by atoms with Crippen LogP contribution >= 0.6 is 0 Å². The normalized spacial score (nSPS) is 17.3. The van der Waals surface area contributed by atoms with Gasteiger partial charge >= 0.3 is 0 Å². The van der Waals surface area contributed by atoms with Crippen molar-refractivity contribution in [3.05, 3.63) is 0 Å². The van der Waals surface area contributed by atoms with Crippen LogP contribution in [0.1, 0.15) is 39.0 Å². The Balaban J connectivity index is 2.07. The van der Waals surface area contributed by atoms with Crippen LogP contribution in [-0.2, 0) is 0 Å². The van der Waals surface area contributed by atoms with Gasteiger partial charge in [0.2, 0.25) is 17.8 Å². The molecule has 118 valence electrons. The van der Waals surface area contributed by atoms with Crippen LogP contribution in [0.4, 0.5) is 17.8 Å². The van der Waals surface area contributed by atoms with E-state index < -0.39 is 5.60 Å². The molecular formula is C14H26N6O. The van der Waals surface area contributed by atoms with Crippen LogP contribution in [0.2, 0.25) is 0 Å². The molecule has 1 aromatic rings. The predicted molar refractivity (Wildman–Crippen MR) is 84.8 cm³/mol. The molecule has 0 unspecified atom stereocenters. The van der Waals surface area contributed by atoms with Gasteiger partial charge in [-0.2, -0.15) is 15.0 Å². The zero-order chi connectivity index (χ0) is 15.3. The van der Waals surface area contributed by atoms with Crippen molar-refractivity contribution in [3.8, 4) is 0 Å². The molecule has 1 fully saturated rings. The maximum Gasteiger partial charge on any atom is 0.231 e. The summed E-state index contributed by atoms with van der Waals surface area (Å²) in [5.74, 6) is 1.65. The van der Waals surface area contributed by atoms with E-state index >= 15 is 0 Å². The molecule has 1 aromatic heterocycles. The summed E-state index contributed by atoms with van der Waals surface area (Å²) in [6.07, 6.45) is 5.06. The van der Waals surface area contributed by atoms with Crippen LogP contribution in [-0.4, -0.2) is 52.8 Å². The third kappa shape index (κ3) is 4.42. The number of rotatable bonds is 6. The van der Waals surface area contributed by atoms with Gasteiger partial charge in [0.25, 0.3) is 0 Å². The van der Waals surface area contributed by atoms with Gasteiger partial charge in [-0.1, -0.05) is 19.3 Å². The molecule has 21 heavy (non-hydrogen) atoms. The first-order chi connectivity index (χ1) is 10.0. The van der Waals surface area contributed by atoms with Crippen molar-refractivity contribution in [2.45, 2.75) is 44.6 Å². The maximum atomic E-state index is 10.5. The van der Waals surface area contributed by atoms with E-state index in [1.54, 1.807) is 0 Å². The molecular weight excluding hydrogens is 268 g/mol. The third-order valence-corrected chi connectivity index (χ3v) is 3.72. The van der Waals surface area contributed by atoms with Crippen LogP contribution in [0, 0.1) is 0 Å². The maximum absolute atomic E-state index is 10.5. The second-order valence-corrected chi connectivity index (χ2v) is 5.85. The van der Waals surface area contributed by atoms with Crippen LogP contribution in [0.5, 0.6) is 0 Å². The summed E-state index contributed by atoms with van der Waals surface area (Å²) in [6, 6.07) is 0. The molecule has 7 heteroatoms. The van der Waals surface area contributed by atoms with E-state index in [0.29, 0.717) is 24.4 Å². The summed E-state index contributed by atoms with van der Waals surface area (Å²) in [5, 5.41) is 16.8. The minimum atomic E-state index is -0.637. The van der Waals surface area contributed by atoms with E-state index in [1.165, 1.54) is 6.42 Å². The average Bonchev–Trinajstić information content (AvgIpc) is 2.46. The lowest BCUT2D eigenvalue weighted by Gasteiger charge is -2.32. The molecule has 0 atom stereocenters. The van der Waals surface area contributed by atoms with Gasteiger partial charge in [0.05, 0.1) is 5.60 Å². The fraction of sp³-hybridized carbons (Fsp3) is 0.786. The number of anilines is 3. The van der Waals surface area contributed by atoms with Gasteiger partial charge in [-0.05, 0) is 19.8 Å². The largest absolute Gasteiger partial charge is 0.388 e. The molecule has 0 aliphatic heterocycles. The number of nitrogens with zero attached hydrogens (tertiary/aromatic N) is 4. The number of aromatic nitrogens is 3. The summed E-state index contributed by atoms with van der Waals surface area (Å²) in [7, 11) is 3.78. The van der Waals surface area contributed by atoms with Crippen molar-refractivity contribution in [1.82, 2.24) is 15.0 Å². The molecule has 0 saturated heterocycles. The lowest BCUT2D eigenvalue weighted by Crippen LogP contribution is -2.39. The first-order valence-electron chi connectivity index (χ1n) is 7.66. The second-order valence-electron chi connectivity index (χ2n) is 5.85. The Morgan fingerprint density at radius 1 is 1.05 bits per heavy atom. The van der Waals surface area contributed by atoms with Crippen molar-refractivity contribution in [1.29, 1.82) is 0 Å². The Kier molecular flexibility index (Phi) is 5.17. The highest BCUT2D eigenvalue weighted by atomic mass is 16.3. The molecule has 1 aliphatic carbocycles. The van der Waals surface area contributed by atoms with E-state index in [2.05, 4.69) is 25.6 Å². The number of hydrogen-bond donors (Lipinski definition) is 3. The number of aliphatic hydroxyl groups is 1. The quantitative estimate of drug-likeness (QED) is 0.732. The van der Waals surface area contributed by atoms with Crippen molar-refractivity contribution in [2.75, 3.05) is 42.7 Å². The zero-order valence-electron chi connectivity index (χ0n) is 13.2. The first-order valence-corrected chi connectivity index (χ1v) is 7.66. The van der Waals surface area contributed by atoms with Gasteiger partial charge < -0.3 is 20.6 Å². The van der Waals surface area contributed by atoms with Crippen LogP contribution < -0.4 is 15.5 Å². The molecule has 0 amide bonds. The molecule has 0 aromatic carbocycles. The van der Waals surface area contributed by atoms with Gasteiger partial charge in [-0.15, -0.1) is 0 Å². The summed E-state index contributed by atoms with van der Waals surface area (Å²) >= 11 is 0. The number of nitrogens with one attached hydrogen (secondary N) is 2. The highest BCUT2D eigenvalue weighted by molar-refractivity contribution is 5.43. The Morgan fingerprint density at radius 3 is 2.24 bits per heavy atom. The zero-order valence-corrected chi connectivity index (χ0v) is 13.2. The predicted octanol–water partition coefficient (Wildman–Crippen LogP) is 1.48. The van der Waals surface area contributed by atoms with E-state index in [1.807, 2.05) is 25.9 Å². The number of hydrogen-bond acceptors (Lipinski definition) is 7.